The molecule has 0 aliphatic carbocycles. The van der Waals surface area contributed by atoms with Gasteiger partial charge in [-0.1, -0.05) is 24.2 Å². The molecule has 4 aromatic rings. The fourth-order valence-electron chi connectivity index (χ4n) is 2.83. The Bertz CT molecular complexity index is 1400. The van der Waals surface area contributed by atoms with Gasteiger partial charge in [0.15, 0.2) is 23.3 Å². The number of hydrogen-bond donors (Lipinski definition) is 0. The minimum Gasteiger partial charge on any atom is -0.644 e. The van der Waals surface area contributed by atoms with Crippen LogP contribution in [0.3, 0.4) is 0 Å². The Labute approximate surface area is 225 Å². The van der Waals surface area contributed by atoms with Crippen LogP contribution < -0.4 is 4.74 Å². The Balaban J connectivity index is 0.000000269. The molecule has 0 N–H and O–H groups in total. The molecule has 5 nitrogen and oxygen atoms in total. The number of methoxy groups -OCH3 is 1. The minimum atomic E-state index is -2.33. The molecule has 0 spiro atoms. The van der Waals surface area contributed by atoms with Crippen molar-refractivity contribution in [2.75, 3.05) is 7.11 Å². The number of halogens is 7. The summed E-state index contributed by atoms with van der Waals surface area (Å²) in [5, 5.41) is 3.26. The number of hydrogen-bond acceptors (Lipinski definition) is 4. The molecular formula is C25H14F7IrN3O2-2. The van der Waals surface area contributed by atoms with E-state index in [9.17, 15) is 35.5 Å². The van der Waals surface area contributed by atoms with E-state index in [-0.39, 0.29) is 32.2 Å². The summed E-state index contributed by atoms with van der Waals surface area (Å²) in [5.74, 6) is -13.5. The van der Waals surface area contributed by atoms with Crippen LogP contribution in [0.1, 0.15) is 16.1 Å². The van der Waals surface area contributed by atoms with Gasteiger partial charge in [0.25, 0.3) is 0 Å². The molecule has 0 saturated carbocycles. The quantitative estimate of drug-likeness (QED) is 0.105. The van der Waals surface area contributed by atoms with Gasteiger partial charge < -0.3 is 19.8 Å². The Morgan fingerprint density at radius 3 is 2.13 bits per heavy atom. The second-order valence-electron chi connectivity index (χ2n) is 7.01. The summed E-state index contributed by atoms with van der Waals surface area (Å²) < 4.78 is 96.6. The predicted octanol–water partition coefficient (Wildman–Crippen LogP) is 6.32. The van der Waals surface area contributed by atoms with Crippen molar-refractivity contribution in [3.05, 3.63) is 118 Å². The Hall–Kier alpha value is -3.83. The number of pyridine rings is 2. The van der Waals surface area contributed by atoms with E-state index in [1.54, 1.807) is 24.3 Å². The third kappa shape index (κ3) is 7.14. The van der Waals surface area contributed by atoms with Gasteiger partial charge in [-0.3, -0.25) is 13.8 Å². The van der Waals surface area contributed by atoms with E-state index in [4.69, 9.17) is 4.74 Å². The minimum absolute atomic E-state index is 0. The normalized spacial score (nSPS) is 10.1. The van der Waals surface area contributed by atoms with Gasteiger partial charge in [-0.05, 0) is 30.0 Å². The molecule has 0 aliphatic heterocycles. The van der Waals surface area contributed by atoms with E-state index in [0.717, 1.165) is 12.1 Å². The maximum atomic E-state index is 13.4. The molecule has 0 bridgehead atoms. The van der Waals surface area contributed by atoms with E-state index in [1.165, 1.54) is 25.6 Å². The van der Waals surface area contributed by atoms with Crippen molar-refractivity contribution in [3.8, 4) is 17.0 Å². The van der Waals surface area contributed by atoms with Crippen molar-refractivity contribution in [3.63, 3.8) is 0 Å². The number of amides is 1. The second-order valence-corrected chi connectivity index (χ2v) is 7.01. The van der Waals surface area contributed by atoms with Gasteiger partial charge in [-0.15, -0.1) is 12.1 Å². The predicted molar refractivity (Wildman–Crippen MR) is 117 cm³/mol. The molecule has 1 radical (unpaired) electrons. The first-order valence-electron chi connectivity index (χ1n) is 10.1. The molecule has 0 saturated heterocycles. The first-order valence-corrected chi connectivity index (χ1v) is 10.1. The number of carbonyl (C=O) groups is 1. The largest absolute Gasteiger partial charge is 0.644 e. The molecule has 2 heterocycles. The van der Waals surface area contributed by atoms with Crippen molar-refractivity contribution in [1.29, 1.82) is 0 Å². The third-order valence-electron chi connectivity index (χ3n) is 4.62. The van der Waals surface area contributed by atoms with Gasteiger partial charge in [0.1, 0.15) is 5.75 Å². The Morgan fingerprint density at radius 1 is 0.895 bits per heavy atom. The van der Waals surface area contributed by atoms with Gasteiger partial charge >= 0.3 is 0 Å². The van der Waals surface area contributed by atoms with Crippen molar-refractivity contribution >= 4 is 5.91 Å². The number of nitrogens with zero attached hydrogens (tertiary/aromatic N) is 3. The molecule has 1 amide bonds. The SMILES string of the molecule is COc1ccnc(-c2[c-]cc(F)cc2F)c1.O=C([N-]Cc1ccccn1)c1c(F)c(F)c(F)c(F)c1F.[Ir]. The molecule has 201 valence electrons. The summed E-state index contributed by atoms with van der Waals surface area (Å²) in [6.45, 7) is -0.348. The molecule has 0 fully saturated rings. The van der Waals surface area contributed by atoms with Crippen LogP contribution in [0, 0.1) is 46.8 Å². The van der Waals surface area contributed by atoms with Crippen LogP contribution in [0.5, 0.6) is 5.75 Å². The van der Waals surface area contributed by atoms with Crippen LogP contribution in [0.2, 0.25) is 0 Å². The number of aromatic nitrogens is 2. The first-order chi connectivity index (χ1) is 17.6. The summed E-state index contributed by atoms with van der Waals surface area (Å²) in [4.78, 5) is 19.3. The number of ether oxygens (including phenoxy) is 1. The van der Waals surface area contributed by atoms with Crippen LogP contribution in [-0.2, 0) is 26.7 Å². The number of carbonyl (C=O) groups excluding carboxylic acids is 1. The average molecular weight is 714 g/mol. The Kier molecular flexibility index (Phi) is 10.9. The summed E-state index contributed by atoms with van der Waals surface area (Å²) in [7, 11) is 1.50. The van der Waals surface area contributed by atoms with Crippen molar-refractivity contribution in [2.24, 2.45) is 0 Å². The monoisotopic (exact) mass is 714 g/mol. The molecular weight excluding hydrogens is 699 g/mol. The van der Waals surface area contributed by atoms with Crippen LogP contribution in [0.4, 0.5) is 30.7 Å². The van der Waals surface area contributed by atoms with Crippen molar-refractivity contribution in [2.45, 2.75) is 6.54 Å². The molecule has 0 unspecified atom stereocenters. The van der Waals surface area contributed by atoms with E-state index in [0.29, 0.717) is 17.1 Å². The standard InChI is InChI=1S/C13H7F5N2O.C12H8F2NO.Ir/c14-8-7(9(15)11(17)12(18)10(8)16)13(21)20-5-6-3-1-2-4-19-6;1-16-9-4-5-15-12(7-9)10-3-2-8(13)6-11(10)14;/h1-4H,5H2,(H,20,21);2,4-7H,1H3;/q;-1;/p-1. The van der Waals surface area contributed by atoms with Crippen LogP contribution >= 0.6 is 0 Å². The van der Waals surface area contributed by atoms with Gasteiger partial charge in [-0.25, -0.2) is 22.0 Å². The van der Waals surface area contributed by atoms with Gasteiger partial charge in [0, 0.05) is 49.8 Å². The van der Waals surface area contributed by atoms with Gasteiger partial charge in [0.2, 0.25) is 5.82 Å². The first kappa shape index (κ1) is 30.4. The molecule has 38 heavy (non-hydrogen) atoms. The third-order valence-corrected chi connectivity index (χ3v) is 4.62. The molecule has 13 heteroatoms. The van der Waals surface area contributed by atoms with Crippen LogP contribution in [0.15, 0.2) is 54.9 Å². The average Bonchev–Trinajstić information content (AvgIpc) is 2.90. The molecule has 2 aromatic carbocycles. The van der Waals surface area contributed by atoms with E-state index >= 15 is 0 Å². The van der Waals surface area contributed by atoms with Crippen LogP contribution in [-0.4, -0.2) is 23.0 Å². The molecule has 0 aliphatic rings. The zero-order valence-electron chi connectivity index (χ0n) is 19.0. The van der Waals surface area contributed by atoms with E-state index in [2.05, 4.69) is 21.4 Å². The van der Waals surface area contributed by atoms with Crippen molar-refractivity contribution < 1.29 is 60.4 Å². The van der Waals surface area contributed by atoms with E-state index < -0.39 is 52.2 Å². The number of benzene rings is 2. The zero-order chi connectivity index (χ0) is 27.1. The summed E-state index contributed by atoms with van der Waals surface area (Å²) >= 11 is 0. The molecule has 0 atom stereocenters. The fraction of sp³-hybridized carbons (Fsp3) is 0.0800. The second kappa shape index (κ2) is 13.6. The van der Waals surface area contributed by atoms with Crippen molar-refractivity contribution in [1.82, 2.24) is 9.97 Å². The molecule has 4 rings (SSSR count). The zero-order valence-corrected chi connectivity index (χ0v) is 21.4. The van der Waals surface area contributed by atoms with Gasteiger partial charge in [0.05, 0.1) is 18.6 Å². The smallest absolute Gasteiger partial charge is 0.200 e. The van der Waals surface area contributed by atoms with E-state index in [1.807, 2.05) is 0 Å². The fourth-order valence-corrected chi connectivity index (χ4v) is 2.83. The maximum Gasteiger partial charge on any atom is 0.200 e. The summed E-state index contributed by atoms with van der Waals surface area (Å²) in [6.07, 6.45) is 2.89. The Morgan fingerprint density at radius 2 is 1.55 bits per heavy atom. The topological polar surface area (TPSA) is 66.2 Å². The summed E-state index contributed by atoms with van der Waals surface area (Å²) in [6, 6.07) is 12.2. The van der Waals surface area contributed by atoms with Crippen LogP contribution in [0.25, 0.3) is 16.6 Å². The molecule has 2 aromatic heterocycles. The maximum absolute atomic E-state index is 13.4. The summed E-state index contributed by atoms with van der Waals surface area (Å²) in [5.41, 5.74) is -0.797. The van der Waals surface area contributed by atoms with Gasteiger partial charge in [-0.2, -0.15) is 0 Å². The number of rotatable bonds is 5.